The van der Waals surface area contributed by atoms with E-state index in [1.54, 1.807) is 36.9 Å². The molecule has 1 aliphatic heterocycles. The molecule has 178 valence electrons. The summed E-state index contributed by atoms with van der Waals surface area (Å²) in [4.78, 5) is 27.1. The minimum absolute atomic E-state index is 0.112. The van der Waals surface area contributed by atoms with Gasteiger partial charge < -0.3 is 19.4 Å². The van der Waals surface area contributed by atoms with Gasteiger partial charge >= 0.3 is 0 Å². The van der Waals surface area contributed by atoms with Crippen LogP contribution in [-0.4, -0.2) is 39.9 Å². The third-order valence-corrected chi connectivity index (χ3v) is 7.03. The minimum atomic E-state index is -3.87. The quantitative estimate of drug-likeness (QED) is 0.532. The van der Waals surface area contributed by atoms with Crippen LogP contribution in [0.1, 0.15) is 40.1 Å². The smallest absolute Gasteiger partial charge is 0.261 e. The summed E-state index contributed by atoms with van der Waals surface area (Å²) in [5, 5.41) is 2.80. The van der Waals surface area contributed by atoms with Crippen molar-refractivity contribution < 1.29 is 27.2 Å². The van der Waals surface area contributed by atoms with Crippen LogP contribution in [0.3, 0.4) is 0 Å². The van der Waals surface area contributed by atoms with E-state index in [1.165, 1.54) is 37.8 Å². The van der Waals surface area contributed by atoms with Crippen LogP contribution in [0.2, 0.25) is 0 Å². The van der Waals surface area contributed by atoms with Gasteiger partial charge in [0.2, 0.25) is 10.0 Å². The Morgan fingerprint density at radius 1 is 1.09 bits per heavy atom. The van der Waals surface area contributed by atoms with Gasteiger partial charge in [0.1, 0.15) is 16.9 Å². The van der Waals surface area contributed by atoms with Crippen LogP contribution in [-0.2, 0) is 16.4 Å². The number of furan rings is 1. The number of carbonyl (C=O) groups is 2. The summed E-state index contributed by atoms with van der Waals surface area (Å²) in [6.07, 6.45) is 3.51. The van der Waals surface area contributed by atoms with Crippen molar-refractivity contribution in [3.63, 3.8) is 0 Å². The van der Waals surface area contributed by atoms with Gasteiger partial charge in [-0.1, -0.05) is 0 Å². The molecule has 0 fully saturated rings. The molecule has 2 aromatic carbocycles. The monoisotopic (exact) mass is 483 g/mol. The maximum absolute atomic E-state index is 12.9. The van der Waals surface area contributed by atoms with Crippen molar-refractivity contribution in [3.05, 3.63) is 71.7 Å². The molecule has 0 saturated carbocycles. The van der Waals surface area contributed by atoms with Crippen molar-refractivity contribution in [3.8, 4) is 5.75 Å². The number of hydrogen-bond donors (Lipinski definition) is 2. The molecule has 1 aromatic heterocycles. The van der Waals surface area contributed by atoms with Crippen molar-refractivity contribution in [2.75, 3.05) is 23.9 Å². The highest BCUT2D eigenvalue weighted by Gasteiger charge is 2.27. The fourth-order valence-corrected chi connectivity index (χ4v) is 5.28. The number of benzene rings is 2. The molecule has 0 bridgehead atoms. The van der Waals surface area contributed by atoms with Gasteiger partial charge in [-0.25, -0.2) is 13.1 Å². The van der Waals surface area contributed by atoms with Crippen molar-refractivity contribution in [2.24, 2.45) is 0 Å². The third kappa shape index (κ3) is 4.68. The lowest BCUT2D eigenvalue weighted by atomic mass is 10.1. The van der Waals surface area contributed by atoms with Gasteiger partial charge in [0.25, 0.3) is 11.8 Å². The first kappa shape index (κ1) is 23.5. The van der Waals surface area contributed by atoms with Gasteiger partial charge in [-0.2, -0.15) is 0 Å². The molecule has 0 radical (unpaired) electrons. The van der Waals surface area contributed by atoms with E-state index in [4.69, 9.17) is 9.15 Å². The lowest BCUT2D eigenvalue weighted by Crippen LogP contribution is -2.30. The van der Waals surface area contributed by atoms with Crippen LogP contribution in [0.25, 0.3) is 0 Å². The highest BCUT2D eigenvalue weighted by molar-refractivity contribution is 7.89. The molecule has 9 nitrogen and oxygen atoms in total. The van der Waals surface area contributed by atoms with Crippen LogP contribution in [0.5, 0.6) is 5.75 Å². The fraction of sp³-hybridized carbons (Fsp3) is 0.250. The summed E-state index contributed by atoms with van der Waals surface area (Å²) in [5.74, 6) is -0.469. The molecule has 0 atom stereocenters. The largest absolute Gasteiger partial charge is 0.495 e. The highest BCUT2D eigenvalue weighted by atomic mass is 32.2. The Kier molecular flexibility index (Phi) is 6.45. The molecule has 4 rings (SSSR count). The number of rotatable bonds is 7. The zero-order valence-electron chi connectivity index (χ0n) is 19.0. The molecular weight excluding hydrogens is 458 g/mol. The zero-order valence-corrected chi connectivity index (χ0v) is 19.8. The number of methoxy groups -OCH3 is 1. The van der Waals surface area contributed by atoms with E-state index in [9.17, 15) is 18.0 Å². The summed E-state index contributed by atoms with van der Waals surface area (Å²) in [6, 6.07) is 10.8. The number of ether oxygens (including phenoxy) is 1. The predicted octanol–water partition coefficient (Wildman–Crippen LogP) is 3.43. The number of nitrogens with one attached hydrogen (secondary N) is 2. The Bertz CT molecular complexity index is 1330. The Balaban J connectivity index is 1.55. The molecule has 0 spiro atoms. The summed E-state index contributed by atoms with van der Waals surface area (Å²) in [7, 11) is -2.50. The summed E-state index contributed by atoms with van der Waals surface area (Å²) >= 11 is 0. The van der Waals surface area contributed by atoms with Gasteiger partial charge in [-0.05, 0) is 68.3 Å². The number of sulfonamides is 1. The van der Waals surface area contributed by atoms with E-state index in [0.717, 1.165) is 11.3 Å². The molecule has 2 amide bonds. The van der Waals surface area contributed by atoms with E-state index >= 15 is 0 Å². The first-order chi connectivity index (χ1) is 16.2. The molecule has 3 aromatic rings. The number of fused-ring (bicyclic) bond motifs is 1. The van der Waals surface area contributed by atoms with Crippen LogP contribution in [0, 0.1) is 0 Å². The molecule has 1 aliphatic rings. The van der Waals surface area contributed by atoms with Crippen LogP contribution in [0.4, 0.5) is 11.4 Å². The van der Waals surface area contributed by atoms with E-state index in [-0.39, 0.29) is 28.2 Å². The average molecular weight is 484 g/mol. The molecule has 2 N–H and O–H groups in total. The zero-order chi connectivity index (χ0) is 24.5. The van der Waals surface area contributed by atoms with Gasteiger partial charge in [0, 0.05) is 29.5 Å². The Morgan fingerprint density at radius 3 is 2.56 bits per heavy atom. The van der Waals surface area contributed by atoms with Crippen molar-refractivity contribution in [2.45, 2.75) is 31.2 Å². The second kappa shape index (κ2) is 9.32. The molecule has 34 heavy (non-hydrogen) atoms. The van der Waals surface area contributed by atoms with Crippen LogP contribution in [0.15, 0.2) is 64.3 Å². The summed E-state index contributed by atoms with van der Waals surface area (Å²) in [6.45, 7) is 3.94. The molecular formula is C24H25N3O6S. The summed E-state index contributed by atoms with van der Waals surface area (Å²) in [5.41, 5.74) is 2.89. The minimum Gasteiger partial charge on any atom is -0.495 e. The predicted molar refractivity (Wildman–Crippen MR) is 127 cm³/mol. The number of anilines is 2. The average Bonchev–Trinajstić information content (AvgIpc) is 3.47. The topological polar surface area (TPSA) is 118 Å². The SMILES string of the molecule is COc1ccc(C(=O)Nc2ccc3c(c2)CCN3C(=O)c2ccoc2)cc1S(=O)(=O)NC(C)C. The maximum Gasteiger partial charge on any atom is 0.261 e. The van der Waals surface area contributed by atoms with Crippen LogP contribution < -0.4 is 19.7 Å². The Hall–Kier alpha value is -3.63. The highest BCUT2D eigenvalue weighted by Crippen LogP contribution is 2.32. The molecule has 0 aliphatic carbocycles. The van der Waals surface area contributed by atoms with E-state index in [2.05, 4.69) is 10.0 Å². The standard InChI is InChI=1S/C24H25N3O6S/c1-15(2)26-34(30,31)22-13-17(4-7-21(22)32-3)23(28)25-19-5-6-20-16(12-19)8-10-27(20)24(29)18-9-11-33-14-18/h4-7,9,11-15,26H,8,10H2,1-3H3,(H,25,28). The van der Waals surface area contributed by atoms with Gasteiger partial charge in [0.15, 0.2) is 0 Å². The number of nitrogens with zero attached hydrogens (tertiary/aromatic N) is 1. The van der Waals surface area contributed by atoms with Crippen molar-refractivity contribution >= 4 is 33.2 Å². The maximum atomic E-state index is 12.9. The molecule has 2 heterocycles. The van der Waals surface area contributed by atoms with Crippen LogP contribution >= 0.6 is 0 Å². The number of amides is 2. The van der Waals surface area contributed by atoms with Crippen molar-refractivity contribution in [1.82, 2.24) is 4.72 Å². The first-order valence-electron chi connectivity index (χ1n) is 10.7. The molecule has 0 saturated heterocycles. The van der Waals surface area contributed by atoms with E-state index in [0.29, 0.717) is 24.2 Å². The Morgan fingerprint density at radius 2 is 1.88 bits per heavy atom. The lowest BCUT2D eigenvalue weighted by molar-refractivity contribution is 0.0987. The first-order valence-corrected chi connectivity index (χ1v) is 12.2. The second-order valence-corrected chi connectivity index (χ2v) is 9.84. The summed E-state index contributed by atoms with van der Waals surface area (Å²) < 4.78 is 38.1. The Labute approximate surface area is 197 Å². The van der Waals surface area contributed by atoms with Crippen molar-refractivity contribution in [1.29, 1.82) is 0 Å². The number of hydrogen-bond acceptors (Lipinski definition) is 6. The van der Waals surface area contributed by atoms with E-state index in [1.807, 2.05) is 6.07 Å². The normalized spacial score (nSPS) is 13.1. The van der Waals surface area contributed by atoms with E-state index < -0.39 is 15.9 Å². The second-order valence-electron chi connectivity index (χ2n) is 8.16. The molecule has 0 unspecified atom stereocenters. The van der Waals surface area contributed by atoms with Gasteiger partial charge in [-0.3, -0.25) is 9.59 Å². The van der Waals surface area contributed by atoms with Gasteiger partial charge in [0.05, 0.1) is 18.9 Å². The van der Waals surface area contributed by atoms with Gasteiger partial charge in [-0.15, -0.1) is 0 Å². The third-order valence-electron chi connectivity index (χ3n) is 5.35. The molecule has 10 heteroatoms. The lowest BCUT2D eigenvalue weighted by Gasteiger charge is -2.17. The number of carbonyl (C=O) groups excluding carboxylic acids is 2. The fourth-order valence-electron chi connectivity index (χ4n) is 3.84.